The minimum Gasteiger partial charge on any atom is -0.478 e. The quantitative estimate of drug-likeness (QED) is 0.805. The highest BCUT2D eigenvalue weighted by Crippen LogP contribution is 2.16. The number of hydrogen-bond acceptors (Lipinski definition) is 4. The van der Waals surface area contributed by atoms with Crippen molar-refractivity contribution < 1.29 is 23.8 Å². The molecule has 0 bridgehead atoms. The number of thioether (sulfide) groups is 1. The van der Waals surface area contributed by atoms with Crippen LogP contribution in [0.15, 0.2) is 18.2 Å². The molecule has 0 aromatic heterocycles. The summed E-state index contributed by atoms with van der Waals surface area (Å²) in [5.41, 5.74) is 0.279. The summed E-state index contributed by atoms with van der Waals surface area (Å²) in [5, 5.41) is 8.66. The van der Waals surface area contributed by atoms with E-state index in [1.165, 1.54) is 30.0 Å². The molecule has 0 fully saturated rings. The number of carbonyl (C=O) groups excluding carboxylic acids is 1. The summed E-state index contributed by atoms with van der Waals surface area (Å²) < 4.78 is 18.1. The first-order chi connectivity index (χ1) is 8.54. The summed E-state index contributed by atoms with van der Waals surface area (Å²) in [6.07, 6.45) is 0. The molecule has 0 atom stereocenters. The average Bonchev–Trinajstić information content (AvgIpc) is 2.29. The molecule has 0 aliphatic heterocycles. The van der Waals surface area contributed by atoms with Gasteiger partial charge in [-0.2, -0.15) is 0 Å². The third kappa shape index (κ3) is 4.37. The van der Waals surface area contributed by atoms with Crippen molar-refractivity contribution in [2.75, 3.05) is 12.4 Å². The molecular weight excluding hydrogens is 259 g/mol. The zero-order valence-electron chi connectivity index (χ0n) is 9.81. The number of ether oxygens (including phenoxy) is 1. The second-order valence-electron chi connectivity index (χ2n) is 3.42. The normalized spacial score (nSPS) is 10.1. The molecule has 1 aromatic rings. The van der Waals surface area contributed by atoms with Crippen molar-refractivity contribution in [2.24, 2.45) is 0 Å². The van der Waals surface area contributed by atoms with Crippen molar-refractivity contribution in [1.82, 2.24) is 0 Å². The second kappa shape index (κ2) is 7.00. The fraction of sp³-hybridized carbons (Fsp3) is 0.333. The van der Waals surface area contributed by atoms with E-state index in [0.717, 1.165) is 0 Å². The summed E-state index contributed by atoms with van der Waals surface area (Å²) in [5.74, 6) is -1.76. The van der Waals surface area contributed by atoms with E-state index >= 15 is 0 Å². The Morgan fingerprint density at radius 3 is 2.72 bits per heavy atom. The van der Waals surface area contributed by atoms with Crippen molar-refractivity contribution in [1.29, 1.82) is 0 Å². The van der Waals surface area contributed by atoms with Crippen LogP contribution in [0.25, 0.3) is 0 Å². The molecule has 0 aliphatic rings. The molecule has 4 nitrogen and oxygen atoms in total. The number of rotatable bonds is 6. The Labute approximate surface area is 108 Å². The Morgan fingerprint density at radius 1 is 1.44 bits per heavy atom. The van der Waals surface area contributed by atoms with Gasteiger partial charge in [0.05, 0.1) is 17.9 Å². The van der Waals surface area contributed by atoms with Gasteiger partial charge in [0, 0.05) is 5.75 Å². The summed E-state index contributed by atoms with van der Waals surface area (Å²) in [4.78, 5) is 21.7. The lowest BCUT2D eigenvalue weighted by Gasteiger charge is -2.04. The van der Waals surface area contributed by atoms with E-state index in [4.69, 9.17) is 9.84 Å². The minimum absolute atomic E-state index is 0.191. The number of carbonyl (C=O) groups is 2. The topological polar surface area (TPSA) is 63.6 Å². The zero-order valence-corrected chi connectivity index (χ0v) is 10.6. The molecule has 0 saturated carbocycles. The van der Waals surface area contributed by atoms with Gasteiger partial charge < -0.3 is 9.84 Å². The van der Waals surface area contributed by atoms with E-state index < -0.39 is 11.8 Å². The molecule has 1 rings (SSSR count). The number of hydrogen-bond donors (Lipinski definition) is 1. The molecule has 0 amide bonds. The lowest BCUT2D eigenvalue weighted by molar-refractivity contribution is -0.139. The molecule has 1 N–H and O–H groups in total. The maximum Gasteiger partial charge on any atom is 0.338 e. The lowest BCUT2D eigenvalue weighted by Crippen LogP contribution is -2.07. The van der Waals surface area contributed by atoms with Crippen LogP contribution in [0.3, 0.4) is 0 Å². The van der Waals surface area contributed by atoms with Crippen molar-refractivity contribution in [3.8, 4) is 0 Å². The molecule has 0 saturated heterocycles. The summed E-state index contributed by atoms with van der Waals surface area (Å²) in [6, 6.07) is 3.92. The maximum absolute atomic E-state index is 13.3. The second-order valence-corrected chi connectivity index (χ2v) is 4.40. The van der Waals surface area contributed by atoms with Crippen molar-refractivity contribution >= 4 is 23.7 Å². The highest BCUT2D eigenvalue weighted by molar-refractivity contribution is 7.99. The zero-order chi connectivity index (χ0) is 13.5. The fourth-order valence-corrected chi connectivity index (χ4v) is 2.04. The van der Waals surface area contributed by atoms with Crippen LogP contribution in [-0.2, 0) is 15.3 Å². The number of carboxylic acids is 1. The van der Waals surface area contributed by atoms with Crippen molar-refractivity contribution in [3.05, 3.63) is 35.1 Å². The Morgan fingerprint density at radius 2 is 2.17 bits per heavy atom. The molecule has 0 spiro atoms. The predicted octanol–water partition coefficient (Wildman–Crippen LogP) is 2.32. The Bertz CT molecular complexity index is 448. The van der Waals surface area contributed by atoms with Gasteiger partial charge in [-0.05, 0) is 24.6 Å². The number of esters is 1. The Hall–Kier alpha value is -1.56. The lowest BCUT2D eigenvalue weighted by atomic mass is 10.1. The largest absolute Gasteiger partial charge is 0.478 e. The van der Waals surface area contributed by atoms with Gasteiger partial charge in [0.25, 0.3) is 0 Å². The van der Waals surface area contributed by atoms with Crippen LogP contribution in [0.1, 0.15) is 22.8 Å². The molecule has 0 unspecified atom stereocenters. The third-order valence-corrected chi connectivity index (χ3v) is 3.04. The first-order valence-electron chi connectivity index (χ1n) is 5.29. The maximum atomic E-state index is 13.3. The summed E-state index contributed by atoms with van der Waals surface area (Å²) in [6.45, 7) is 2.06. The molecule has 0 heterocycles. The first kappa shape index (κ1) is 14.5. The highest BCUT2D eigenvalue weighted by atomic mass is 32.2. The van der Waals surface area contributed by atoms with Gasteiger partial charge in [-0.1, -0.05) is 6.07 Å². The highest BCUT2D eigenvalue weighted by Gasteiger charge is 2.10. The number of aromatic carboxylic acids is 1. The molecule has 6 heteroatoms. The number of benzene rings is 1. The van der Waals surface area contributed by atoms with Gasteiger partial charge >= 0.3 is 11.9 Å². The van der Waals surface area contributed by atoms with Crippen LogP contribution in [0, 0.1) is 5.82 Å². The molecule has 18 heavy (non-hydrogen) atoms. The van der Waals surface area contributed by atoms with E-state index in [2.05, 4.69) is 0 Å². The molecular formula is C12H13FO4S. The van der Waals surface area contributed by atoms with E-state index in [1.54, 1.807) is 6.92 Å². The van der Waals surface area contributed by atoms with E-state index in [0.29, 0.717) is 17.9 Å². The fourth-order valence-electron chi connectivity index (χ4n) is 1.28. The third-order valence-electron chi connectivity index (χ3n) is 2.06. The molecule has 0 aliphatic carbocycles. The van der Waals surface area contributed by atoms with E-state index in [9.17, 15) is 14.0 Å². The van der Waals surface area contributed by atoms with Crippen molar-refractivity contribution in [3.63, 3.8) is 0 Å². The van der Waals surface area contributed by atoms with Crippen LogP contribution in [-0.4, -0.2) is 29.4 Å². The number of carboxylic acid groups (broad SMARTS) is 1. The van der Waals surface area contributed by atoms with Gasteiger partial charge in [-0.25, -0.2) is 9.18 Å². The van der Waals surface area contributed by atoms with Crippen LogP contribution in [0.5, 0.6) is 0 Å². The standard InChI is InChI=1S/C12H13FO4S/c1-2-17-11(14)7-18-6-8-3-4-9(12(15)16)10(13)5-8/h3-5H,2,6-7H2,1H3,(H,15,16). The Kier molecular flexibility index (Phi) is 5.64. The van der Waals surface area contributed by atoms with E-state index in [1.807, 2.05) is 0 Å². The minimum atomic E-state index is -1.29. The van der Waals surface area contributed by atoms with Crippen LogP contribution < -0.4 is 0 Å². The van der Waals surface area contributed by atoms with Crippen LogP contribution in [0.4, 0.5) is 4.39 Å². The van der Waals surface area contributed by atoms with Gasteiger partial charge in [0.1, 0.15) is 5.82 Å². The molecule has 0 radical (unpaired) electrons. The first-order valence-corrected chi connectivity index (χ1v) is 6.45. The van der Waals surface area contributed by atoms with Gasteiger partial charge in [0.15, 0.2) is 0 Å². The summed E-state index contributed by atoms with van der Waals surface area (Å²) in [7, 11) is 0. The smallest absolute Gasteiger partial charge is 0.338 e. The number of halogens is 1. The van der Waals surface area contributed by atoms with Crippen molar-refractivity contribution in [2.45, 2.75) is 12.7 Å². The predicted molar refractivity (Wildman–Crippen MR) is 66.2 cm³/mol. The monoisotopic (exact) mass is 272 g/mol. The SMILES string of the molecule is CCOC(=O)CSCc1ccc(C(=O)O)c(F)c1. The van der Waals surface area contributed by atoms with Gasteiger partial charge in [-0.3, -0.25) is 4.79 Å². The van der Waals surface area contributed by atoms with Gasteiger partial charge in [-0.15, -0.1) is 11.8 Å². The Balaban J connectivity index is 2.51. The van der Waals surface area contributed by atoms with Gasteiger partial charge in [0.2, 0.25) is 0 Å². The average molecular weight is 272 g/mol. The van der Waals surface area contributed by atoms with E-state index in [-0.39, 0.29) is 17.3 Å². The summed E-state index contributed by atoms with van der Waals surface area (Å²) >= 11 is 1.29. The van der Waals surface area contributed by atoms with Crippen LogP contribution in [0.2, 0.25) is 0 Å². The molecule has 98 valence electrons. The molecule has 1 aromatic carbocycles. The van der Waals surface area contributed by atoms with Crippen LogP contribution >= 0.6 is 11.8 Å².